The summed E-state index contributed by atoms with van der Waals surface area (Å²) in [6.07, 6.45) is 0. The second kappa shape index (κ2) is 5.85. The summed E-state index contributed by atoms with van der Waals surface area (Å²) in [6.45, 7) is 0.327. The Morgan fingerprint density at radius 1 is 1.06 bits per heavy atom. The fourth-order valence-electron chi connectivity index (χ4n) is 1.52. The van der Waals surface area contributed by atoms with E-state index in [-0.39, 0.29) is 11.9 Å². The molecule has 2 aromatic rings. The molecule has 1 unspecified atom stereocenters. The number of hydrogen-bond acceptors (Lipinski definition) is 2. The molecular weight excluding hydrogens is 253 g/mol. The quantitative estimate of drug-likeness (QED) is 0.917. The molecule has 0 saturated carbocycles. The van der Waals surface area contributed by atoms with E-state index >= 15 is 0 Å². The highest BCUT2D eigenvalue weighted by atomic mass is 35.5. The number of nitrogens with two attached hydrogens (primary N) is 1. The summed E-state index contributed by atoms with van der Waals surface area (Å²) in [4.78, 5) is 0. The minimum absolute atomic E-state index is 0.274. The van der Waals surface area contributed by atoms with E-state index in [1.807, 2.05) is 0 Å². The van der Waals surface area contributed by atoms with Gasteiger partial charge in [-0.2, -0.15) is 0 Å². The Labute approximate surface area is 110 Å². The van der Waals surface area contributed by atoms with Crippen LogP contribution in [-0.2, 0) is 0 Å². The average molecular weight is 266 g/mol. The van der Waals surface area contributed by atoms with Gasteiger partial charge in [0.05, 0.1) is 6.04 Å². The molecule has 4 heteroatoms. The third-order valence-electron chi connectivity index (χ3n) is 2.54. The normalized spacial score (nSPS) is 12.2. The first-order valence-corrected chi connectivity index (χ1v) is 5.92. The van der Waals surface area contributed by atoms with Gasteiger partial charge in [0, 0.05) is 5.02 Å². The summed E-state index contributed by atoms with van der Waals surface area (Å²) in [6, 6.07) is 12.9. The molecule has 94 valence electrons. The second-order valence-electron chi connectivity index (χ2n) is 3.92. The van der Waals surface area contributed by atoms with Gasteiger partial charge in [-0.15, -0.1) is 0 Å². The molecule has 2 aromatic carbocycles. The van der Waals surface area contributed by atoms with E-state index < -0.39 is 0 Å². The van der Waals surface area contributed by atoms with Crippen LogP contribution in [0.2, 0.25) is 5.02 Å². The third-order valence-corrected chi connectivity index (χ3v) is 2.79. The Balaban J connectivity index is 1.93. The van der Waals surface area contributed by atoms with Crippen molar-refractivity contribution in [3.63, 3.8) is 0 Å². The second-order valence-corrected chi connectivity index (χ2v) is 4.36. The zero-order valence-corrected chi connectivity index (χ0v) is 10.4. The Morgan fingerprint density at radius 3 is 2.28 bits per heavy atom. The molecule has 0 aliphatic carbocycles. The molecule has 0 spiro atoms. The number of halogens is 2. The van der Waals surface area contributed by atoms with Crippen LogP contribution in [0.5, 0.6) is 5.75 Å². The lowest BCUT2D eigenvalue weighted by Crippen LogP contribution is -2.18. The Morgan fingerprint density at radius 2 is 1.67 bits per heavy atom. The Bertz CT molecular complexity index is 498. The van der Waals surface area contributed by atoms with Crippen molar-refractivity contribution in [1.82, 2.24) is 0 Å². The topological polar surface area (TPSA) is 35.2 Å². The van der Waals surface area contributed by atoms with Gasteiger partial charge in [0.2, 0.25) is 0 Å². The van der Waals surface area contributed by atoms with Gasteiger partial charge in [0.15, 0.2) is 0 Å². The Hall–Kier alpha value is -1.58. The predicted octanol–water partition coefficient (Wildman–Crippen LogP) is 3.56. The molecule has 2 rings (SSSR count). The lowest BCUT2D eigenvalue weighted by molar-refractivity contribution is 0.290. The third kappa shape index (κ3) is 3.45. The van der Waals surface area contributed by atoms with Crippen LogP contribution in [0.25, 0.3) is 0 Å². The molecule has 18 heavy (non-hydrogen) atoms. The van der Waals surface area contributed by atoms with Crippen LogP contribution in [0.1, 0.15) is 11.6 Å². The SMILES string of the molecule is NC(COc1ccc(Cl)cc1)c1ccc(F)cc1. The first-order chi connectivity index (χ1) is 8.65. The fraction of sp³-hybridized carbons (Fsp3) is 0.143. The van der Waals surface area contributed by atoms with Gasteiger partial charge in [0.1, 0.15) is 18.2 Å². The largest absolute Gasteiger partial charge is 0.492 e. The lowest BCUT2D eigenvalue weighted by Gasteiger charge is -2.13. The van der Waals surface area contributed by atoms with Crippen LogP contribution < -0.4 is 10.5 Å². The molecule has 0 bridgehead atoms. The minimum Gasteiger partial charge on any atom is -0.492 e. The highest BCUT2D eigenvalue weighted by Gasteiger charge is 2.07. The van der Waals surface area contributed by atoms with Crippen LogP contribution >= 0.6 is 11.6 Å². The van der Waals surface area contributed by atoms with E-state index in [1.54, 1.807) is 36.4 Å². The van der Waals surface area contributed by atoms with Crippen molar-refractivity contribution >= 4 is 11.6 Å². The first kappa shape index (κ1) is 12.9. The summed E-state index contributed by atoms with van der Waals surface area (Å²) < 4.78 is 18.3. The van der Waals surface area contributed by atoms with Crippen LogP contribution in [0.15, 0.2) is 48.5 Å². The zero-order valence-electron chi connectivity index (χ0n) is 9.64. The van der Waals surface area contributed by atoms with Gasteiger partial charge < -0.3 is 10.5 Å². The maximum Gasteiger partial charge on any atom is 0.123 e. The highest BCUT2D eigenvalue weighted by Crippen LogP contribution is 2.18. The van der Waals surface area contributed by atoms with Crippen LogP contribution in [0.3, 0.4) is 0 Å². The molecule has 0 fully saturated rings. The number of ether oxygens (including phenoxy) is 1. The minimum atomic E-state index is -0.290. The molecule has 0 aliphatic rings. The maximum absolute atomic E-state index is 12.8. The van der Waals surface area contributed by atoms with Crippen molar-refractivity contribution < 1.29 is 9.13 Å². The number of hydrogen-bond donors (Lipinski definition) is 1. The van der Waals surface area contributed by atoms with Gasteiger partial charge in [-0.3, -0.25) is 0 Å². The highest BCUT2D eigenvalue weighted by molar-refractivity contribution is 6.30. The molecule has 0 saturated heterocycles. The molecule has 1 atom stereocenters. The summed E-state index contributed by atoms with van der Waals surface area (Å²) in [7, 11) is 0. The summed E-state index contributed by atoms with van der Waals surface area (Å²) in [5.41, 5.74) is 6.79. The molecule has 0 aromatic heterocycles. The number of rotatable bonds is 4. The van der Waals surface area contributed by atoms with E-state index in [0.717, 1.165) is 5.56 Å². The molecule has 0 aliphatic heterocycles. The van der Waals surface area contributed by atoms with E-state index in [1.165, 1.54) is 12.1 Å². The van der Waals surface area contributed by atoms with Crippen LogP contribution in [0.4, 0.5) is 4.39 Å². The van der Waals surface area contributed by atoms with E-state index in [2.05, 4.69) is 0 Å². The smallest absolute Gasteiger partial charge is 0.123 e. The van der Waals surface area contributed by atoms with Gasteiger partial charge in [-0.05, 0) is 42.0 Å². The van der Waals surface area contributed by atoms with Crippen molar-refractivity contribution in [2.75, 3.05) is 6.61 Å². The molecule has 0 amide bonds. The van der Waals surface area contributed by atoms with Crippen LogP contribution in [-0.4, -0.2) is 6.61 Å². The number of benzene rings is 2. The van der Waals surface area contributed by atoms with Crippen molar-refractivity contribution in [2.24, 2.45) is 5.73 Å². The van der Waals surface area contributed by atoms with E-state index in [9.17, 15) is 4.39 Å². The lowest BCUT2D eigenvalue weighted by atomic mass is 10.1. The van der Waals surface area contributed by atoms with Crippen molar-refractivity contribution in [2.45, 2.75) is 6.04 Å². The molecule has 0 radical (unpaired) electrons. The average Bonchev–Trinajstić information content (AvgIpc) is 2.38. The van der Waals surface area contributed by atoms with E-state index in [0.29, 0.717) is 17.4 Å². The van der Waals surface area contributed by atoms with Crippen LogP contribution in [0, 0.1) is 5.82 Å². The Kier molecular flexibility index (Phi) is 4.18. The zero-order chi connectivity index (χ0) is 13.0. The summed E-state index contributed by atoms with van der Waals surface area (Å²) >= 11 is 5.77. The summed E-state index contributed by atoms with van der Waals surface area (Å²) in [5, 5.41) is 0.658. The maximum atomic E-state index is 12.8. The van der Waals surface area contributed by atoms with Gasteiger partial charge in [-0.1, -0.05) is 23.7 Å². The van der Waals surface area contributed by atoms with E-state index in [4.69, 9.17) is 22.1 Å². The first-order valence-electron chi connectivity index (χ1n) is 5.54. The fourth-order valence-corrected chi connectivity index (χ4v) is 1.65. The van der Waals surface area contributed by atoms with Gasteiger partial charge in [0.25, 0.3) is 0 Å². The van der Waals surface area contributed by atoms with Gasteiger partial charge in [-0.25, -0.2) is 4.39 Å². The van der Waals surface area contributed by atoms with Crippen molar-refractivity contribution in [3.05, 3.63) is 64.9 Å². The summed E-state index contributed by atoms with van der Waals surface area (Å²) in [5.74, 6) is 0.432. The van der Waals surface area contributed by atoms with Gasteiger partial charge >= 0.3 is 0 Å². The molecule has 2 N–H and O–H groups in total. The molecule has 0 heterocycles. The van der Waals surface area contributed by atoms with Crippen molar-refractivity contribution in [1.29, 1.82) is 0 Å². The molecule has 2 nitrogen and oxygen atoms in total. The van der Waals surface area contributed by atoms with Crippen molar-refractivity contribution in [3.8, 4) is 5.75 Å². The molecular formula is C14H13ClFNO. The standard InChI is InChI=1S/C14H13ClFNO/c15-11-3-7-13(8-4-11)18-9-14(17)10-1-5-12(16)6-2-10/h1-8,14H,9,17H2. The monoisotopic (exact) mass is 265 g/mol. The predicted molar refractivity (Wildman–Crippen MR) is 70.3 cm³/mol.